The highest BCUT2D eigenvalue weighted by Crippen LogP contribution is 2.32. The Hall–Kier alpha value is -0.290. The average Bonchev–Trinajstić information content (AvgIpc) is 2.08. The molecule has 1 aliphatic rings. The lowest BCUT2D eigenvalue weighted by atomic mass is 10.1. The quantitative estimate of drug-likeness (QED) is 0.588. The summed E-state index contributed by atoms with van der Waals surface area (Å²) in [5.41, 5.74) is 5.21. The van der Waals surface area contributed by atoms with E-state index in [1.54, 1.807) is 6.92 Å². The van der Waals surface area contributed by atoms with Gasteiger partial charge in [-0.25, -0.2) is 0 Å². The van der Waals surface area contributed by atoms with E-state index in [-0.39, 0.29) is 12.5 Å². The minimum Gasteiger partial charge on any atom is -0.364 e. The third-order valence-electron chi connectivity index (χ3n) is 1.69. The van der Waals surface area contributed by atoms with E-state index < -0.39 is 18.3 Å². The molecule has 0 aromatic heterocycles. The minimum absolute atomic E-state index is 0.282. The molecule has 5 heteroatoms. The molecule has 3 atom stereocenters. The van der Waals surface area contributed by atoms with Crippen molar-refractivity contribution >= 4 is 0 Å². The number of rotatable bonds is 0. The Morgan fingerprint density at radius 3 is 2.18 bits per heavy atom. The van der Waals surface area contributed by atoms with E-state index in [0.717, 1.165) is 0 Å². The summed E-state index contributed by atoms with van der Waals surface area (Å²) in [6.07, 6.45) is -6.18. The maximum atomic E-state index is 12.0. The molecule has 0 bridgehead atoms. The second-order valence-electron chi connectivity index (χ2n) is 2.81. The first kappa shape index (κ1) is 8.80. The normalized spacial score (nSPS) is 39.5. The number of nitrogens with two attached hydrogens (primary N) is 1. The fourth-order valence-electron chi connectivity index (χ4n) is 1.23. The highest BCUT2D eigenvalue weighted by molar-refractivity contribution is 4.87. The Labute approximate surface area is 62.5 Å². The van der Waals surface area contributed by atoms with Crippen LogP contribution in [0.25, 0.3) is 0 Å². The zero-order valence-electron chi connectivity index (χ0n) is 6.06. The van der Waals surface area contributed by atoms with E-state index >= 15 is 0 Å². The molecule has 2 N–H and O–H groups in total. The smallest absolute Gasteiger partial charge is 0.364 e. The van der Waals surface area contributed by atoms with Crippen molar-refractivity contribution in [1.29, 1.82) is 0 Å². The van der Waals surface area contributed by atoms with E-state index in [9.17, 15) is 13.2 Å². The third-order valence-corrected chi connectivity index (χ3v) is 1.69. The molecule has 11 heavy (non-hydrogen) atoms. The third kappa shape index (κ3) is 1.84. The summed E-state index contributed by atoms with van der Waals surface area (Å²) >= 11 is 0. The first-order valence-corrected chi connectivity index (χ1v) is 3.39. The van der Waals surface area contributed by atoms with Gasteiger partial charge in [0.25, 0.3) is 0 Å². The monoisotopic (exact) mass is 169 g/mol. The Kier molecular flexibility index (Phi) is 2.11. The van der Waals surface area contributed by atoms with Crippen LogP contribution in [0.3, 0.4) is 0 Å². The van der Waals surface area contributed by atoms with Gasteiger partial charge < -0.3 is 10.5 Å². The molecule has 1 saturated heterocycles. The number of halogens is 3. The van der Waals surface area contributed by atoms with Crippen molar-refractivity contribution in [2.75, 3.05) is 0 Å². The van der Waals surface area contributed by atoms with Gasteiger partial charge in [0.15, 0.2) is 6.10 Å². The first-order chi connectivity index (χ1) is 4.91. The van der Waals surface area contributed by atoms with E-state index in [4.69, 9.17) is 5.73 Å². The van der Waals surface area contributed by atoms with Crippen LogP contribution in [0, 0.1) is 0 Å². The highest BCUT2D eigenvalue weighted by atomic mass is 19.4. The van der Waals surface area contributed by atoms with Crippen LogP contribution in [0.4, 0.5) is 13.2 Å². The molecular formula is C6H10F3NO. The maximum Gasteiger partial charge on any atom is 0.416 e. The average molecular weight is 169 g/mol. The lowest BCUT2D eigenvalue weighted by Crippen LogP contribution is -2.41. The standard InChI is InChI=1S/C6H10F3NO/c1-3-2-4(10)5(11-3)6(7,8)9/h3-5H,2,10H2,1H3/t3-,4+,5-/m1/s1. The Balaban J connectivity index is 2.60. The van der Waals surface area contributed by atoms with Crippen LogP contribution < -0.4 is 5.73 Å². The van der Waals surface area contributed by atoms with E-state index in [2.05, 4.69) is 4.74 Å². The van der Waals surface area contributed by atoms with Gasteiger partial charge in [0.2, 0.25) is 0 Å². The number of hydrogen-bond donors (Lipinski definition) is 1. The highest BCUT2D eigenvalue weighted by Gasteiger charge is 2.49. The molecule has 1 heterocycles. The summed E-state index contributed by atoms with van der Waals surface area (Å²) in [4.78, 5) is 0. The Bertz CT molecular complexity index is 147. The molecule has 1 fully saturated rings. The molecule has 0 aliphatic carbocycles. The molecule has 1 aliphatic heterocycles. The number of alkyl halides is 3. The van der Waals surface area contributed by atoms with Gasteiger partial charge in [-0.15, -0.1) is 0 Å². The zero-order valence-corrected chi connectivity index (χ0v) is 6.06. The van der Waals surface area contributed by atoms with Gasteiger partial charge in [-0.2, -0.15) is 13.2 Å². The molecule has 0 radical (unpaired) electrons. The first-order valence-electron chi connectivity index (χ1n) is 3.39. The van der Waals surface area contributed by atoms with Crippen molar-refractivity contribution < 1.29 is 17.9 Å². The van der Waals surface area contributed by atoms with Crippen LogP contribution in [-0.4, -0.2) is 24.4 Å². The van der Waals surface area contributed by atoms with Crippen molar-refractivity contribution in [3.05, 3.63) is 0 Å². The minimum atomic E-state index is -4.32. The molecule has 0 unspecified atom stereocenters. The molecule has 2 nitrogen and oxygen atoms in total. The summed E-state index contributed by atoms with van der Waals surface area (Å²) in [7, 11) is 0. The molecule has 0 aromatic rings. The second-order valence-corrected chi connectivity index (χ2v) is 2.81. The second kappa shape index (κ2) is 2.64. The summed E-state index contributed by atoms with van der Waals surface area (Å²) in [6, 6.07) is -0.898. The number of hydrogen-bond acceptors (Lipinski definition) is 2. The van der Waals surface area contributed by atoms with E-state index in [1.807, 2.05) is 0 Å². The molecule has 66 valence electrons. The molecule has 0 saturated carbocycles. The van der Waals surface area contributed by atoms with Crippen LogP contribution in [-0.2, 0) is 4.74 Å². The fourth-order valence-corrected chi connectivity index (χ4v) is 1.23. The van der Waals surface area contributed by atoms with Gasteiger partial charge in [0.1, 0.15) is 0 Å². The largest absolute Gasteiger partial charge is 0.416 e. The van der Waals surface area contributed by atoms with Crippen LogP contribution >= 0.6 is 0 Å². The zero-order chi connectivity index (χ0) is 8.65. The van der Waals surface area contributed by atoms with Crippen molar-refractivity contribution in [2.24, 2.45) is 5.73 Å². The van der Waals surface area contributed by atoms with Crippen molar-refractivity contribution in [3.63, 3.8) is 0 Å². The lowest BCUT2D eigenvalue weighted by Gasteiger charge is -2.17. The molecule has 0 amide bonds. The summed E-state index contributed by atoms with van der Waals surface area (Å²) in [5.74, 6) is 0. The maximum absolute atomic E-state index is 12.0. The lowest BCUT2D eigenvalue weighted by molar-refractivity contribution is -0.216. The van der Waals surface area contributed by atoms with Gasteiger partial charge in [0, 0.05) is 6.04 Å². The fraction of sp³-hybridized carbons (Fsp3) is 1.00. The van der Waals surface area contributed by atoms with Crippen molar-refractivity contribution in [2.45, 2.75) is 37.8 Å². The van der Waals surface area contributed by atoms with Crippen LogP contribution in [0.15, 0.2) is 0 Å². The SMILES string of the molecule is C[C@@H]1C[C@H](N)[C@H](C(F)(F)F)O1. The van der Waals surface area contributed by atoms with Crippen LogP contribution in [0.2, 0.25) is 0 Å². The molecule has 0 aromatic carbocycles. The van der Waals surface area contributed by atoms with E-state index in [0.29, 0.717) is 0 Å². The van der Waals surface area contributed by atoms with Crippen LogP contribution in [0.5, 0.6) is 0 Å². The molecule has 1 rings (SSSR count). The van der Waals surface area contributed by atoms with Gasteiger partial charge in [-0.3, -0.25) is 0 Å². The predicted molar refractivity (Wildman–Crippen MR) is 33.0 cm³/mol. The Morgan fingerprint density at radius 1 is 1.45 bits per heavy atom. The predicted octanol–water partition coefficient (Wildman–Crippen LogP) is 1.05. The summed E-state index contributed by atoms with van der Waals surface area (Å²) in [5, 5.41) is 0. The number of ether oxygens (including phenoxy) is 1. The van der Waals surface area contributed by atoms with Gasteiger partial charge >= 0.3 is 6.18 Å². The molecule has 0 spiro atoms. The van der Waals surface area contributed by atoms with Crippen molar-refractivity contribution in [3.8, 4) is 0 Å². The summed E-state index contributed by atoms with van der Waals surface area (Å²) in [6.45, 7) is 1.59. The molecular weight excluding hydrogens is 159 g/mol. The van der Waals surface area contributed by atoms with Gasteiger partial charge in [-0.05, 0) is 13.3 Å². The van der Waals surface area contributed by atoms with E-state index in [1.165, 1.54) is 0 Å². The van der Waals surface area contributed by atoms with Gasteiger partial charge in [0.05, 0.1) is 6.10 Å². The van der Waals surface area contributed by atoms with Gasteiger partial charge in [-0.1, -0.05) is 0 Å². The van der Waals surface area contributed by atoms with Crippen molar-refractivity contribution in [1.82, 2.24) is 0 Å². The summed E-state index contributed by atoms with van der Waals surface area (Å²) < 4.78 is 40.5. The topological polar surface area (TPSA) is 35.2 Å². The Morgan fingerprint density at radius 2 is 2.00 bits per heavy atom. The van der Waals surface area contributed by atoms with Crippen LogP contribution in [0.1, 0.15) is 13.3 Å².